The smallest absolute Gasteiger partial charge is 0.132 e. The van der Waals surface area contributed by atoms with Gasteiger partial charge in [0.15, 0.2) is 0 Å². The van der Waals surface area contributed by atoms with Gasteiger partial charge in [0, 0.05) is 28.3 Å². The van der Waals surface area contributed by atoms with Crippen molar-refractivity contribution in [1.29, 1.82) is 0 Å². The number of fused-ring (bicyclic) bond motifs is 21. The fourth-order valence-electron chi connectivity index (χ4n) is 12.2. The Morgan fingerprint density at radius 2 is 0.902 bits per heavy atom. The lowest BCUT2D eigenvalue weighted by Crippen LogP contribution is -2.33. The summed E-state index contributed by atoms with van der Waals surface area (Å²) in [5.41, 5.74) is 20.9. The van der Waals surface area contributed by atoms with E-state index in [0.29, 0.717) is 0 Å². The van der Waals surface area contributed by atoms with E-state index in [2.05, 4.69) is 195 Å². The van der Waals surface area contributed by atoms with Crippen molar-refractivity contribution in [3.63, 3.8) is 0 Å². The van der Waals surface area contributed by atoms with Crippen molar-refractivity contribution in [2.24, 2.45) is 0 Å². The highest BCUT2D eigenvalue weighted by atomic mass is 16.5. The van der Waals surface area contributed by atoms with E-state index in [4.69, 9.17) is 14.7 Å². The van der Waals surface area contributed by atoms with Crippen molar-refractivity contribution in [2.45, 2.75) is 30.1 Å². The molecule has 286 valence electrons. The fourth-order valence-corrected chi connectivity index (χ4v) is 12.2. The number of anilines is 3. The van der Waals surface area contributed by atoms with E-state index in [0.717, 1.165) is 50.8 Å². The molecule has 61 heavy (non-hydrogen) atoms. The summed E-state index contributed by atoms with van der Waals surface area (Å²) in [6.45, 7) is 4.67. The molecule has 0 saturated carbocycles. The van der Waals surface area contributed by atoms with Crippen LogP contribution in [0.3, 0.4) is 0 Å². The predicted octanol–water partition coefficient (Wildman–Crippen LogP) is 13.4. The second-order valence-corrected chi connectivity index (χ2v) is 17.6. The molecule has 0 bridgehead atoms. The van der Waals surface area contributed by atoms with Gasteiger partial charge < -0.3 is 9.64 Å². The van der Waals surface area contributed by atoms with Crippen LogP contribution in [-0.2, 0) is 16.2 Å². The summed E-state index contributed by atoms with van der Waals surface area (Å²) >= 11 is 0. The third kappa shape index (κ3) is 3.84. The molecular weight excluding hydrogens is 743 g/mol. The van der Waals surface area contributed by atoms with Gasteiger partial charge >= 0.3 is 0 Å². The molecule has 4 nitrogen and oxygen atoms in total. The maximum Gasteiger partial charge on any atom is 0.132 e. The van der Waals surface area contributed by atoms with E-state index >= 15 is 0 Å². The zero-order chi connectivity index (χ0) is 40.2. The summed E-state index contributed by atoms with van der Waals surface area (Å²) in [6.07, 6.45) is 3.95. The first kappa shape index (κ1) is 33.3. The first-order valence-electron chi connectivity index (χ1n) is 21.2. The molecule has 1 atom stereocenters. The molecule has 0 radical (unpaired) electrons. The topological polar surface area (TPSA) is 38.2 Å². The number of aromatic nitrogens is 2. The lowest BCUT2D eigenvalue weighted by atomic mass is 9.65. The van der Waals surface area contributed by atoms with Gasteiger partial charge in [-0.05, 0) is 104 Å². The summed E-state index contributed by atoms with van der Waals surface area (Å²) in [5.74, 6) is 1.70. The van der Waals surface area contributed by atoms with Crippen LogP contribution in [0.1, 0.15) is 69.5 Å². The Bertz CT molecular complexity index is 3320. The number of pyridine rings is 2. The molecule has 7 aromatic carbocycles. The van der Waals surface area contributed by atoms with Gasteiger partial charge in [-0.1, -0.05) is 147 Å². The van der Waals surface area contributed by atoms with E-state index in [9.17, 15) is 0 Å². The third-order valence-corrected chi connectivity index (χ3v) is 14.6. The van der Waals surface area contributed by atoms with Gasteiger partial charge in [0.1, 0.15) is 11.5 Å². The number of benzene rings is 7. The Morgan fingerprint density at radius 3 is 1.56 bits per heavy atom. The molecule has 14 rings (SSSR count). The maximum atomic E-state index is 7.21. The normalized spacial score (nSPS) is 17.8. The van der Waals surface area contributed by atoms with Crippen LogP contribution in [0.5, 0.6) is 11.5 Å². The maximum absolute atomic E-state index is 7.21. The molecule has 2 spiro atoms. The average molecular weight is 780 g/mol. The Kier molecular flexibility index (Phi) is 6.21. The minimum Gasteiger partial charge on any atom is -0.457 e. The van der Waals surface area contributed by atoms with E-state index in [-0.39, 0.29) is 5.41 Å². The zero-order valence-electron chi connectivity index (χ0n) is 33.6. The fraction of sp³-hybridized carbons (Fsp3) is 0.0877. The summed E-state index contributed by atoms with van der Waals surface area (Å²) in [6, 6.07) is 64.8. The van der Waals surface area contributed by atoms with Crippen LogP contribution in [0.4, 0.5) is 17.1 Å². The molecule has 0 amide bonds. The molecular formula is C57H37N3O. The molecule has 5 aliphatic rings. The average Bonchev–Trinajstić information content (AvgIpc) is 3.88. The SMILES string of the molecule is CC1(C)c2ccccc2N(c2cnc3c(c2)C2(c4ccccc4Oc4cc5c(cc42)-c2ccccc2C52c4ccccc4-c4ccccc42)c2cccnc2-3)c2ccccc21. The number of rotatable bonds is 1. The van der Waals surface area contributed by atoms with E-state index in [1.54, 1.807) is 0 Å². The number of ether oxygens (including phenoxy) is 1. The van der Waals surface area contributed by atoms with Crippen LogP contribution >= 0.6 is 0 Å². The molecule has 2 aliphatic heterocycles. The standard InChI is InChI=1S/C57H37N3O/c1-55(2)42-22-9-12-26-49(42)60(50-27-13-10-23-43(50)55)34-30-48-54(59-33-34)53-45(25-15-29-58-53)57(48)44-24-11-14-28-51(44)61-52-32-46-38(31-47(52)57)37-18-5-8-21-41(37)56(46)39-19-6-3-16-35(39)36-17-4-7-20-40(36)56/h3-33H,1-2H3. The van der Waals surface area contributed by atoms with Crippen LogP contribution in [0.25, 0.3) is 33.6 Å². The molecule has 2 aromatic heterocycles. The monoisotopic (exact) mass is 779 g/mol. The van der Waals surface area contributed by atoms with E-state index in [1.807, 2.05) is 12.4 Å². The summed E-state index contributed by atoms with van der Waals surface area (Å²) in [4.78, 5) is 13.0. The van der Waals surface area contributed by atoms with Crippen molar-refractivity contribution in [3.05, 3.63) is 244 Å². The Morgan fingerprint density at radius 1 is 0.393 bits per heavy atom. The number of nitrogens with zero attached hydrogens (tertiary/aromatic N) is 3. The largest absolute Gasteiger partial charge is 0.457 e. The lowest BCUT2D eigenvalue weighted by Gasteiger charge is -2.42. The van der Waals surface area contributed by atoms with Crippen LogP contribution in [0.15, 0.2) is 188 Å². The number of hydrogen-bond acceptors (Lipinski definition) is 4. The Labute approximate surface area is 354 Å². The van der Waals surface area contributed by atoms with E-state index in [1.165, 1.54) is 67.0 Å². The molecule has 0 N–H and O–H groups in total. The van der Waals surface area contributed by atoms with Gasteiger partial charge in [-0.15, -0.1) is 0 Å². The zero-order valence-corrected chi connectivity index (χ0v) is 33.6. The summed E-state index contributed by atoms with van der Waals surface area (Å²) < 4.78 is 7.21. The van der Waals surface area contributed by atoms with Crippen molar-refractivity contribution in [3.8, 4) is 45.1 Å². The minimum absolute atomic E-state index is 0.178. The minimum atomic E-state index is -0.772. The molecule has 4 heterocycles. The summed E-state index contributed by atoms with van der Waals surface area (Å²) in [5, 5.41) is 0. The predicted molar refractivity (Wildman–Crippen MR) is 243 cm³/mol. The van der Waals surface area contributed by atoms with Gasteiger partial charge in [0.25, 0.3) is 0 Å². The quantitative estimate of drug-likeness (QED) is 0.166. The molecule has 4 heteroatoms. The highest BCUT2D eigenvalue weighted by Gasteiger charge is 2.56. The van der Waals surface area contributed by atoms with Gasteiger partial charge in [-0.3, -0.25) is 9.97 Å². The molecule has 9 aromatic rings. The molecule has 0 fully saturated rings. The number of para-hydroxylation sites is 3. The van der Waals surface area contributed by atoms with Gasteiger partial charge in [0.05, 0.1) is 45.5 Å². The highest BCUT2D eigenvalue weighted by Crippen LogP contribution is 2.67. The van der Waals surface area contributed by atoms with Crippen LogP contribution in [0.2, 0.25) is 0 Å². The Hall–Kier alpha value is -7.56. The van der Waals surface area contributed by atoms with Gasteiger partial charge in [-0.2, -0.15) is 0 Å². The van der Waals surface area contributed by atoms with Crippen molar-refractivity contribution in [2.75, 3.05) is 4.90 Å². The van der Waals surface area contributed by atoms with Crippen LogP contribution < -0.4 is 9.64 Å². The highest BCUT2D eigenvalue weighted by molar-refractivity contribution is 5.97. The number of hydrogen-bond donors (Lipinski definition) is 0. The first-order valence-corrected chi connectivity index (χ1v) is 21.2. The van der Waals surface area contributed by atoms with E-state index < -0.39 is 10.8 Å². The van der Waals surface area contributed by atoms with Crippen molar-refractivity contribution < 1.29 is 4.74 Å². The molecule has 3 aliphatic carbocycles. The molecule has 1 unspecified atom stereocenters. The first-order chi connectivity index (χ1) is 30.0. The second-order valence-electron chi connectivity index (χ2n) is 17.6. The van der Waals surface area contributed by atoms with Crippen molar-refractivity contribution >= 4 is 17.1 Å². The Balaban J connectivity index is 1.08. The third-order valence-electron chi connectivity index (χ3n) is 14.6. The van der Waals surface area contributed by atoms with Gasteiger partial charge in [0.2, 0.25) is 0 Å². The second kappa shape index (κ2) is 11.4. The van der Waals surface area contributed by atoms with Crippen LogP contribution in [0, 0.1) is 0 Å². The molecule has 0 saturated heterocycles. The van der Waals surface area contributed by atoms with Crippen molar-refractivity contribution in [1.82, 2.24) is 9.97 Å². The lowest BCUT2D eigenvalue weighted by molar-refractivity contribution is 0.435. The van der Waals surface area contributed by atoms with Crippen LogP contribution in [-0.4, -0.2) is 9.97 Å². The van der Waals surface area contributed by atoms with Gasteiger partial charge in [-0.25, -0.2) is 0 Å². The summed E-state index contributed by atoms with van der Waals surface area (Å²) in [7, 11) is 0.